The van der Waals surface area contributed by atoms with Crippen LogP contribution in [0.4, 0.5) is 18.9 Å². The van der Waals surface area contributed by atoms with Crippen LogP contribution < -0.4 is 5.32 Å². The van der Waals surface area contributed by atoms with Gasteiger partial charge in [0.2, 0.25) is 0 Å². The van der Waals surface area contributed by atoms with E-state index in [-0.39, 0.29) is 23.2 Å². The minimum Gasteiger partial charge on any atom is -0.387 e. The molecular formula is C7H7Cl2F3N2. The van der Waals surface area contributed by atoms with Gasteiger partial charge in [-0.05, 0) is 6.07 Å². The average molecular weight is 247 g/mol. The molecule has 1 N–H and O–H groups in total. The lowest BCUT2D eigenvalue weighted by atomic mass is 10.2. The molecule has 0 radical (unpaired) electrons. The first-order chi connectivity index (χ1) is 5.95. The highest BCUT2D eigenvalue weighted by Gasteiger charge is 2.33. The number of alkyl halides is 3. The molecule has 0 bridgehead atoms. The Labute approximate surface area is 89.9 Å². The van der Waals surface area contributed by atoms with Crippen LogP contribution in [0.3, 0.4) is 0 Å². The van der Waals surface area contributed by atoms with Gasteiger partial charge in [-0.15, -0.1) is 12.4 Å². The summed E-state index contributed by atoms with van der Waals surface area (Å²) in [6, 6.07) is 1.13. The highest BCUT2D eigenvalue weighted by atomic mass is 35.5. The molecule has 0 saturated carbocycles. The minimum absolute atomic E-state index is 0. The third-order valence-corrected chi connectivity index (χ3v) is 1.65. The van der Waals surface area contributed by atoms with Gasteiger partial charge >= 0.3 is 6.18 Å². The van der Waals surface area contributed by atoms with E-state index in [4.69, 9.17) is 11.6 Å². The lowest BCUT2D eigenvalue weighted by molar-refractivity contribution is -0.137. The van der Waals surface area contributed by atoms with Crippen molar-refractivity contribution in [3.05, 3.63) is 23.0 Å². The fourth-order valence-electron chi connectivity index (χ4n) is 0.863. The van der Waals surface area contributed by atoms with E-state index in [2.05, 4.69) is 10.3 Å². The molecule has 2 nitrogen and oxygen atoms in total. The molecule has 0 aliphatic carbocycles. The number of halogens is 5. The van der Waals surface area contributed by atoms with Crippen molar-refractivity contribution >= 4 is 29.7 Å². The Balaban J connectivity index is 0.00000169. The molecule has 14 heavy (non-hydrogen) atoms. The van der Waals surface area contributed by atoms with Gasteiger partial charge in [-0.1, -0.05) is 11.6 Å². The molecule has 1 aromatic rings. The first-order valence-corrected chi connectivity index (χ1v) is 3.73. The molecule has 0 atom stereocenters. The zero-order valence-electron chi connectivity index (χ0n) is 7.02. The Bertz CT molecular complexity index is 314. The molecule has 1 rings (SSSR count). The van der Waals surface area contributed by atoms with Crippen molar-refractivity contribution < 1.29 is 13.2 Å². The molecular weight excluding hydrogens is 240 g/mol. The Hall–Kier alpha value is -0.680. The first-order valence-electron chi connectivity index (χ1n) is 3.35. The van der Waals surface area contributed by atoms with Gasteiger partial charge in [-0.25, -0.2) is 4.98 Å². The van der Waals surface area contributed by atoms with Crippen LogP contribution in [0.2, 0.25) is 5.15 Å². The maximum atomic E-state index is 12.2. The molecule has 0 unspecified atom stereocenters. The van der Waals surface area contributed by atoms with Crippen molar-refractivity contribution in [3.8, 4) is 0 Å². The summed E-state index contributed by atoms with van der Waals surface area (Å²) in [5, 5.41) is 2.42. The monoisotopic (exact) mass is 246 g/mol. The summed E-state index contributed by atoms with van der Waals surface area (Å²) in [6.07, 6.45) is -3.70. The topological polar surface area (TPSA) is 24.9 Å². The summed E-state index contributed by atoms with van der Waals surface area (Å²) >= 11 is 5.43. The van der Waals surface area contributed by atoms with E-state index in [1.807, 2.05) is 0 Å². The average Bonchev–Trinajstić information content (AvgIpc) is 2.01. The van der Waals surface area contributed by atoms with Crippen molar-refractivity contribution in [1.29, 1.82) is 0 Å². The summed E-state index contributed by atoms with van der Waals surface area (Å²) in [5.74, 6) is 0. The number of nitrogens with zero attached hydrogens (tertiary/aromatic N) is 1. The summed E-state index contributed by atoms with van der Waals surface area (Å²) in [7, 11) is 1.39. The Kier molecular flexibility index (Phi) is 4.48. The molecule has 0 saturated heterocycles. The molecule has 0 aliphatic heterocycles. The van der Waals surface area contributed by atoms with Gasteiger partial charge in [0.1, 0.15) is 5.15 Å². The number of anilines is 1. The van der Waals surface area contributed by atoms with Gasteiger partial charge < -0.3 is 5.32 Å². The summed E-state index contributed by atoms with van der Waals surface area (Å²) < 4.78 is 36.7. The number of nitrogens with one attached hydrogen (secondary N) is 1. The quantitative estimate of drug-likeness (QED) is 0.770. The van der Waals surface area contributed by atoms with E-state index in [0.717, 1.165) is 6.07 Å². The van der Waals surface area contributed by atoms with E-state index in [0.29, 0.717) is 6.20 Å². The SMILES string of the molecule is CNc1cc(Cl)ncc1C(F)(F)F.Cl. The van der Waals surface area contributed by atoms with Gasteiger partial charge in [0.15, 0.2) is 0 Å². The third-order valence-electron chi connectivity index (χ3n) is 1.45. The van der Waals surface area contributed by atoms with Crippen molar-refractivity contribution in [2.75, 3.05) is 12.4 Å². The van der Waals surface area contributed by atoms with Gasteiger partial charge in [0, 0.05) is 13.2 Å². The van der Waals surface area contributed by atoms with Crippen LogP contribution >= 0.6 is 24.0 Å². The van der Waals surface area contributed by atoms with E-state index >= 15 is 0 Å². The van der Waals surface area contributed by atoms with Crippen LogP contribution in [0.1, 0.15) is 5.56 Å². The van der Waals surface area contributed by atoms with E-state index in [1.54, 1.807) is 0 Å². The van der Waals surface area contributed by atoms with Crippen LogP contribution in [-0.2, 0) is 6.18 Å². The molecule has 1 aromatic heterocycles. The number of pyridine rings is 1. The molecule has 0 aromatic carbocycles. The zero-order valence-corrected chi connectivity index (χ0v) is 8.59. The van der Waals surface area contributed by atoms with Gasteiger partial charge in [-0.3, -0.25) is 0 Å². The molecule has 80 valence electrons. The fraction of sp³-hybridized carbons (Fsp3) is 0.286. The number of hydrogen-bond acceptors (Lipinski definition) is 2. The Morgan fingerprint density at radius 1 is 1.43 bits per heavy atom. The number of aromatic nitrogens is 1. The second-order valence-corrected chi connectivity index (χ2v) is 2.69. The summed E-state index contributed by atoms with van der Waals surface area (Å²) in [6.45, 7) is 0. The third kappa shape index (κ3) is 2.92. The highest BCUT2D eigenvalue weighted by molar-refractivity contribution is 6.29. The standard InChI is InChI=1S/C7H6ClF3N2.ClH/c1-12-5-2-6(8)13-3-4(5)7(9,10)11;/h2-3H,1H3,(H,12,13);1H. The summed E-state index contributed by atoms with van der Waals surface area (Å²) in [5.41, 5.74) is -0.896. The maximum Gasteiger partial charge on any atom is 0.419 e. The van der Waals surface area contributed by atoms with Crippen LogP contribution in [0, 0.1) is 0 Å². The molecule has 0 spiro atoms. The fourth-order valence-corrected chi connectivity index (χ4v) is 1.02. The molecule has 1 heterocycles. The number of hydrogen-bond donors (Lipinski definition) is 1. The van der Waals surface area contributed by atoms with E-state index in [9.17, 15) is 13.2 Å². The number of rotatable bonds is 1. The molecule has 0 fully saturated rings. The van der Waals surface area contributed by atoms with Crippen LogP contribution in [0.25, 0.3) is 0 Å². The minimum atomic E-state index is -4.41. The molecule has 7 heteroatoms. The lowest BCUT2D eigenvalue weighted by Gasteiger charge is -2.11. The van der Waals surface area contributed by atoms with Gasteiger partial charge in [0.05, 0.1) is 11.3 Å². The van der Waals surface area contributed by atoms with Crippen molar-refractivity contribution in [3.63, 3.8) is 0 Å². The second-order valence-electron chi connectivity index (χ2n) is 2.30. The molecule has 0 aliphatic rings. The van der Waals surface area contributed by atoms with Crippen LogP contribution in [0.15, 0.2) is 12.3 Å². The predicted molar refractivity (Wildman–Crippen MR) is 51.0 cm³/mol. The largest absolute Gasteiger partial charge is 0.419 e. The van der Waals surface area contributed by atoms with Crippen molar-refractivity contribution in [1.82, 2.24) is 4.98 Å². The van der Waals surface area contributed by atoms with E-state index in [1.165, 1.54) is 7.05 Å². The highest BCUT2D eigenvalue weighted by Crippen LogP contribution is 2.34. The van der Waals surface area contributed by atoms with Gasteiger partial charge in [0.25, 0.3) is 0 Å². The van der Waals surface area contributed by atoms with Crippen molar-refractivity contribution in [2.24, 2.45) is 0 Å². The Morgan fingerprint density at radius 3 is 2.43 bits per heavy atom. The van der Waals surface area contributed by atoms with Crippen LogP contribution in [0.5, 0.6) is 0 Å². The second kappa shape index (κ2) is 4.70. The van der Waals surface area contributed by atoms with Crippen molar-refractivity contribution in [2.45, 2.75) is 6.18 Å². The normalized spacial score (nSPS) is 10.6. The maximum absolute atomic E-state index is 12.2. The first kappa shape index (κ1) is 13.3. The summed E-state index contributed by atoms with van der Waals surface area (Å²) in [4.78, 5) is 3.36. The van der Waals surface area contributed by atoms with E-state index < -0.39 is 11.7 Å². The van der Waals surface area contributed by atoms with Gasteiger partial charge in [-0.2, -0.15) is 13.2 Å². The Morgan fingerprint density at radius 2 is 2.00 bits per heavy atom. The zero-order chi connectivity index (χ0) is 10.1. The lowest BCUT2D eigenvalue weighted by Crippen LogP contribution is -2.09. The molecule has 0 amide bonds. The van der Waals surface area contributed by atoms with Crippen LogP contribution in [-0.4, -0.2) is 12.0 Å². The predicted octanol–water partition coefficient (Wildman–Crippen LogP) is 3.22. The smallest absolute Gasteiger partial charge is 0.387 e.